The van der Waals surface area contributed by atoms with Crippen molar-refractivity contribution in [3.8, 4) is 0 Å². The zero-order valence-electron chi connectivity index (χ0n) is 12.3. The summed E-state index contributed by atoms with van der Waals surface area (Å²) in [5, 5.41) is 14.6. The number of hydrogen-bond acceptors (Lipinski definition) is 3. The van der Waals surface area contributed by atoms with E-state index in [2.05, 4.69) is 5.32 Å². The van der Waals surface area contributed by atoms with Crippen LogP contribution in [-0.4, -0.2) is 33.3 Å². The molecule has 2 N–H and O–H groups in total. The Morgan fingerprint density at radius 1 is 1.22 bits per heavy atom. The highest BCUT2D eigenvalue weighted by molar-refractivity contribution is 5.85. The third-order valence-corrected chi connectivity index (χ3v) is 3.51. The van der Waals surface area contributed by atoms with Gasteiger partial charge >= 0.3 is 0 Å². The van der Waals surface area contributed by atoms with Gasteiger partial charge < -0.3 is 10.5 Å². The highest BCUT2D eigenvalue weighted by atomic mass is 35.5. The standard InChI is InChI=1S/C13H26N2O2.ClH/c1-9(2)11(16)14-10-7-12(3,4)15(17)13(5,6)8-10;/h9-10,17H,7-8H2,1-6H3,(H,14,16);1H. The number of nitrogens with one attached hydrogen (secondary N) is 1. The number of carbonyl (C=O) groups excluding carboxylic acids is 1. The van der Waals surface area contributed by atoms with Gasteiger partial charge in [-0.05, 0) is 40.5 Å². The van der Waals surface area contributed by atoms with Gasteiger partial charge in [0.25, 0.3) is 0 Å². The Bertz CT molecular complexity index is 285. The molecule has 0 aromatic heterocycles. The SMILES string of the molecule is CC(C)C(=O)NC1CC(C)(C)N(O)C(C)(C)C1.Cl. The van der Waals surface area contributed by atoms with Crippen LogP contribution in [-0.2, 0) is 4.79 Å². The van der Waals surface area contributed by atoms with Crippen molar-refractivity contribution in [2.75, 3.05) is 0 Å². The van der Waals surface area contributed by atoms with E-state index >= 15 is 0 Å². The van der Waals surface area contributed by atoms with E-state index in [1.807, 2.05) is 41.5 Å². The molecular weight excluding hydrogens is 252 g/mol. The molecule has 0 bridgehead atoms. The number of hydroxylamine groups is 2. The van der Waals surface area contributed by atoms with Crippen molar-refractivity contribution < 1.29 is 10.0 Å². The topological polar surface area (TPSA) is 52.6 Å². The molecule has 1 saturated heterocycles. The molecule has 1 fully saturated rings. The average Bonchev–Trinajstić information content (AvgIpc) is 2.12. The first kappa shape index (κ1) is 17.7. The highest BCUT2D eigenvalue weighted by Crippen LogP contribution is 2.36. The van der Waals surface area contributed by atoms with Gasteiger partial charge in [-0.25, -0.2) is 0 Å². The Morgan fingerprint density at radius 3 is 1.94 bits per heavy atom. The van der Waals surface area contributed by atoms with E-state index in [9.17, 15) is 10.0 Å². The van der Waals surface area contributed by atoms with Gasteiger partial charge in [0.05, 0.1) is 0 Å². The zero-order valence-corrected chi connectivity index (χ0v) is 13.1. The van der Waals surface area contributed by atoms with Crippen molar-refractivity contribution >= 4 is 18.3 Å². The third-order valence-electron chi connectivity index (χ3n) is 3.51. The molecule has 108 valence electrons. The van der Waals surface area contributed by atoms with Crippen LogP contribution < -0.4 is 5.32 Å². The molecule has 1 heterocycles. The lowest BCUT2D eigenvalue weighted by Gasteiger charge is -2.51. The van der Waals surface area contributed by atoms with Crippen LogP contribution in [0.25, 0.3) is 0 Å². The second kappa shape index (κ2) is 5.76. The molecule has 4 nitrogen and oxygen atoms in total. The monoisotopic (exact) mass is 278 g/mol. The van der Waals surface area contributed by atoms with Gasteiger partial charge in [-0.2, -0.15) is 5.06 Å². The summed E-state index contributed by atoms with van der Waals surface area (Å²) in [6.45, 7) is 11.8. The fourth-order valence-corrected chi connectivity index (χ4v) is 2.74. The molecule has 5 heteroatoms. The molecule has 1 rings (SSSR count). The Labute approximate surface area is 116 Å². The quantitative estimate of drug-likeness (QED) is 0.816. The summed E-state index contributed by atoms with van der Waals surface area (Å²) >= 11 is 0. The minimum absolute atomic E-state index is 0. The van der Waals surface area contributed by atoms with Crippen LogP contribution in [0.1, 0.15) is 54.4 Å². The van der Waals surface area contributed by atoms with Crippen LogP contribution in [0, 0.1) is 5.92 Å². The molecule has 0 atom stereocenters. The Morgan fingerprint density at radius 2 is 1.61 bits per heavy atom. The number of halogens is 1. The fourth-order valence-electron chi connectivity index (χ4n) is 2.74. The number of piperidine rings is 1. The van der Waals surface area contributed by atoms with E-state index < -0.39 is 0 Å². The van der Waals surface area contributed by atoms with E-state index in [-0.39, 0.29) is 41.4 Å². The van der Waals surface area contributed by atoms with Gasteiger partial charge in [0, 0.05) is 23.0 Å². The summed E-state index contributed by atoms with van der Waals surface area (Å²) < 4.78 is 0. The van der Waals surface area contributed by atoms with Crippen molar-refractivity contribution in [2.24, 2.45) is 5.92 Å². The van der Waals surface area contributed by atoms with Crippen LogP contribution in [0.15, 0.2) is 0 Å². The number of hydrogen-bond donors (Lipinski definition) is 2. The van der Waals surface area contributed by atoms with Gasteiger partial charge in [-0.15, -0.1) is 12.4 Å². The maximum absolute atomic E-state index is 11.7. The van der Waals surface area contributed by atoms with Gasteiger partial charge in [0.15, 0.2) is 0 Å². The summed E-state index contributed by atoms with van der Waals surface area (Å²) in [5.74, 6) is 0.0985. The van der Waals surface area contributed by atoms with Crippen LogP contribution in [0.2, 0.25) is 0 Å². The van der Waals surface area contributed by atoms with Crippen LogP contribution >= 0.6 is 12.4 Å². The highest BCUT2D eigenvalue weighted by Gasteiger charge is 2.45. The summed E-state index contributed by atoms with van der Waals surface area (Å²) in [4.78, 5) is 11.7. The molecular formula is C13H27ClN2O2. The smallest absolute Gasteiger partial charge is 0.222 e. The first-order chi connectivity index (χ1) is 7.56. The van der Waals surface area contributed by atoms with Gasteiger partial charge in [0.2, 0.25) is 5.91 Å². The second-order valence-corrected chi connectivity index (χ2v) is 6.71. The summed E-state index contributed by atoms with van der Waals surface area (Å²) in [5.41, 5.74) is -0.618. The summed E-state index contributed by atoms with van der Waals surface area (Å²) in [6, 6.07) is 0.137. The van der Waals surface area contributed by atoms with Crippen molar-refractivity contribution in [1.82, 2.24) is 10.4 Å². The Kier molecular flexibility index (Phi) is 5.66. The molecule has 0 radical (unpaired) electrons. The van der Waals surface area contributed by atoms with Gasteiger partial charge in [-0.3, -0.25) is 4.79 Å². The molecule has 0 aliphatic carbocycles. The van der Waals surface area contributed by atoms with Crippen molar-refractivity contribution in [3.63, 3.8) is 0 Å². The molecule has 0 aromatic carbocycles. The van der Waals surface area contributed by atoms with Crippen LogP contribution in [0.3, 0.4) is 0 Å². The lowest BCUT2D eigenvalue weighted by atomic mass is 9.79. The Hall–Kier alpha value is -0.320. The predicted octanol–water partition coefficient (Wildman–Crippen LogP) is 2.59. The van der Waals surface area contributed by atoms with E-state index in [1.54, 1.807) is 0 Å². The fraction of sp³-hybridized carbons (Fsp3) is 0.923. The second-order valence-electron chi connectivity index (χ2n) is 6.71. The number of amides is 1. The first-order valence-electron chi connectivity index (χ1n) is 6.36. The minimum Gasteiger partial charge on any atom is -0.353 e. The van der Waals surface area contributed by atoms with Crippen LogP contribution in [0.4, 0.5) is 0 Å². The minimum atomic E-state index is -0.309. The lowest BCUT2D eigenvalue weighted by Crippen LogP contribution is -2.63. The molecule has 1 aliphatic heterocycles. The van der Waals surface area contributed by atoms with E-state index in [4.69, 9.17) is 0 Å². The van der Waals surface area contributed by atoms with E-state index in [1.165, 1.54) is 5.06 Å². The lowest BCUT2D eigenvalue weighted by molar-refractivity contribution is -0.246. The molecule has 0 spiro atoms. The Balaban J connectivity index is 0.00000289. The zero-order chi connectivity index (χ0) is 13.4. The molecule has 1 amide bonds. The maximum Gasteiger partial charge on any atom is 0.222 e. The van der Waals surface area contributed by atoms with E-state index in [0.29, 0.717) is 0 Å². The van der Waals surface area contributed by atoms with Crippen molar-refractivity contribution in [1.29, 1.82) is 0 Å². The third kappa shape index (κ3) is 3.84. The molecule has 0 saturated carbocycles. The molecule has 0 unspecified atom stereocenters. The summed E-state index contributed by atoms with van der Waals surface area (Å²) in [7, 11) is 0. The predicted molar refractivity (Wildman–Crippen MR) is 75.0 cm³/mol. The van der Waals surface area contributed by atoms with Crippen LogP contribution in [0.5, 0.6) is 0 Å². The van der Waals surface area contributed by atoms with E-state index in [0.717, 1.165) is 12.8 Å². The number of nitrogens with zero attached hydrogens (tertiary/aromatic N) is 1. The first-order valence-corrected chi connectivity index (χ1v) is 6.36. The number of rotatable bonds is 2. The normalized spacial score (nSPS) is 23.6. The average molecular weight is 279 g/mol. The molecule has 18 heavy (non-hydrogen) atoms. The van der Waals surface area contributed by atoms with Gasteiger partial charge in [-0.1, -0.05) is 13.8 Å². The van der Waals surface area contributed by atoms with Crippen molar-refractivity contribution in [3.05, 3.63) is 0 Å². The van der Waals surface area contributed by atoms with Gasteiger partial charge in [0.1, 0.15) is 0 Å². The van der Waals surface area contributed by atoms with Crippen molar-refractivity contribution in [2.45, 2.75) is 71.5 Å². The molecule has 0 aromatic rings. The largest absolute Gasteiger partial charge is 0.353 e. The number of carbonyl (C=O) groups is 1. The molecule has 1 aliphatic rings. The summed E-state index contributed by atoms with van der Waals surface area (Å²) in [6.07, 6.45) is 1.54. The maximum atomic E-state index is 11.7.